The molecule has 0 aliphatic heterocycles. The second-order valence-corrected chi connectivity index (χ2v) is 7.45. The summed E-state index contributed by atoms with van der Waals surface area (Å²) in [4.78, 5) is 11.9. The number of ketones is 1. The molecule has 0 heterocycles. The van der Waals surface area contributed by atoms with E-state index in [2.05, 4.69) is 5.32 Å². The molecule has 0 aromatic heterocycles. The molecule has 0 spiro atoms. The number of anilines is 1. The molecule has 0 bridgehead atoms. The van der Waals surface area contributed by atoms with Crippen molar-refractivity contribution in [3.05, 3.63) is 59.7 Å². The lowest BCUT2D eigenvalue weighted by molar-refractivity contribution is 0.101. The lowest BCUT2D eigenvalue weighted by Crippen LogP contribution is -2.13. The van der Waals surface area contributed by atoms with Crippen molar-refractivity contribution in [2.45, 2.75) is 18.2 Å². The fourth-order valence-corrected chi connectivity index (χ4v) is 3.63. The van der Waals surface area contributed by atoms with Crippen LogP contribution >= 0.6 is 0 Å². The summed E-state index contributed by atoms with van der Waals surface area (Å²) in [5.74, 6) is -0.101. The Morgan fingerprint density at radius 2 is 1.88 bits per heavy atom. The van der Waals surface area contributed by atoms with Gasteiger partial charge in [-0.3, -0.25) is 4.79 Å². The lowest BCUT2D eigenvalue weighted by atomic mass is 10.1. The Morgan fingerprint density at radius 1 is 1.17 bits per heavy atom. The molecule has 24 heavy (non-hydrogen) atoms. The number of rotatable bonds is 7. The number of nitrogens with zero attached hydrogens (tertiary/aromatic N) is 1. The first-order chi connectivity index (χ1) is 11.4. The van der Waals surface area contributed by atoms with Crippen LogP contribution in [-0.4, -0.2) is 26.5 Å². The van der Waals surface area contributed by atoms with Gasteiger partial charge in [-0.1, -0.05) is 18.2 Å². The van der Waals surface area contributed by atoms with Gasteiger partial charge in [0.15, 0.2) is 15.6 Å². The van der Waals surface area contributed by atoms with Gasteiger partial charge in [-0.15, -0.1) is 0 Å². The SMILES string of the molecule is CC(=O)c1ccc(C#N)cc1NCCCS(=O)(=O)c1ccccc1. The van der Waals surface area contributed by atoms with Gasteiger partial charge in [0.2, 0.25) is 0 Å². The maximum atomic E-state index is 12.2. The van der Waals surface area contributed by atoms with Crippen molar-refractivity contribution in [2.24, 2.45) is 0 Å². The summed E-state index contributed by atoms with van der Waals surface area (Å²) in [5.41, 5.74) is 1.48. The molecule has 6 heteroatoms. The molecule has 5 nitrogen and oxygen atoms in total. The molecule has 0 aliphatic carbocycles. The van der Waals surface area contributed by atoms with Gasteiger partial charge >= 0.3 is 0 Å². The molecule has 0 atom stereocenters. The maximum absolute atomic E-state index is 12.2. The number of Topliss-reactive ketones (excluding diaryl/α,β-unsaturated/α-hetero) is 1. The van der Waals surface area contributed by atoms with Crippen molar-refractivity contribution in [1.82, 2.24) is 0 Å². The molecule has 2 rings (SSSR count). The third kappa shape index (κ3) is 4.43. The van der Waals surface area contributed by atoms with Crippen molar-refractivity contribution in [2.75, 3.05) is 17.6 Å². The minimum absolute atomic E-state index is 0.0113. The quantitative estimate of drug-likeness (QED) is 0.617. The predicted octanol–water partition coefficient (Wildman–Crippen LogP) is 3.04. The number of hydrogen-bond acceptors (Lipinski definition) is 5. The third-order valence-electron chi connectivity index (χ3n) is 3.54. The Balaban J connectivity index is 2.00. The number of carbonyl (C=O) groups excluding carboxylic acids is 1. The fourth-order valence-electron chi connectivity index (χ4n) is 2.30. The monoisotopic (exact) mass is 342 g/mol. The number of nitrogens with one attached hydrogen (secondary N) is 1. The van der Waals surface area contributed by atoms with Crippen LogP contribution in [0.4, 0.5) is 5.69 Å². The minimum Gasteiger partial charge on any atom is -0.384 e. The Morgan fingerprint density at radius 3 is 2.50 bits per heavy atom. The highest BCUT2D eigenvalue weighted by Gasteiger charge is 2.13. The average molecular weight is 342 g/mol. The molecule has 0 amide bonds. The normalized spacial score (nSPS) is 10.8. The summed E-state index contributed by atoms with van der Waals surface area (Å²) in [6, 6.07) is 15.1. The predicted molar refractivity (Wildman–Crippen MR) is 92.8 cm³/mol. The van der Waals surface area contributed by atoms with Gasteiger partial charge in [0.05, 0.1) is 22.3 Å². The van der Waals surface area contributed by atoms with E-state index >= 15 is 0 Å². The van der Waals surface area contributed by atoms with Crippen molar-refractivity contribution < 1.29 is 13.2 Å². The standard InChI is InChI=1S/C18H18N2O3S/c1-14(21)17-9-8-15(13-19)12-18(17)20-10-5-11-24(22,23)16-6-3-2-4-7-16/h2-4,6-9,12,20H,5,10-11H2,1H3. The Kier molecular flexibility index (Phi) is 5.72. The van der Waals surface area contributed by atoms with Crippen molar-refractivity contribution in [1.29, 1.82) is 5.26 Å². The summed E-state index contributed by atoms with van der Waals surface area (Å²) >= 11 is 0. The van der Waals surface area contributed by atoms with Gasteiger partial charge in [-0.05, 0) is 43.7 Å². The zero-order valence-electron chi connectivity index (χ0n) is 13.3. The van der Waals surface area contributed by atoms with E-state index in [9.17, 15) is 13.2 Å². The van der Waals surface area contributed by atoms with Crippen LogP contribution in [0, 0.1) is 11.3 Å². The van der Waals surface area contributed by atoms with E-state index in [0.29, 0.717) is 34.7 Å². The molecule has 0 radical (unpaired) electrons. The van der Waals surface area contributed by atoms with Gasteiger partial charge in [0, 0.05) is 17.8 Å². The summed E-state index contributed by atoms with van der Waals surface area (Å²) in [6.45, 7) is 1.84. The number of benzene rings is 2. The molecular formula is C18H18N2O3S. The van der Waals surface area contributed by atoms with E-state index in [1.54, 1.807) is 48.5 Å². The Bertz CT molecular complexity index is 869. The minimum atomic E-state index is -3.31. The zero-order chi connectivity index (χ0) is 17.6. The van der Waals surface area contributed by atoms with Gasteiger partial charge < -0.3 is 5.32 Å². The fraction of sp³-hybridized carbons (Fsp3) is 0.222. The van der Waals surface area contributed by atoms with Crippen LogP contribution in [0.25, 0.3) is 0 Å². The molecule has 0 aliphatic rings. The van der Waals surface area contributed by atoms with E-state index in [4.69, 9.17) is 5.26 Å². The molecule has 0 unspecified atom stereocenters. The highest BCUT2D eigenvalue weighted by atomic mass is 32.2. The smallest absolute Gasteiger partial charge is 0.178 e. The van der Waals surface area contributed by atoms with Gasteiger partial charge in [-0.25, -0.2) is 8.42 Å². The molecule has 0 fully saturated rings. The van der Waals surface area contributed by atoms with Gasteiger partial charge in [0.25, 0.3) is 0 Å². The van der Waals surface area contributed by atoms with E-state index in [-0.39, 0.29) is 11.5 Å². The number of sulfone groups is 1. The molecule has 1 N–H and O–H groups in total. The third-order valence-corrected chi connectivity index (χ3v) is 5.35. The summed E-state index contributed by atoms with van der Waals surface area (Å²) in [5, 5.41) is 12.0. The van der Waals surface area contributed by atoms with Crippen LogP contribution in [-0.2, 0) is 9.84 Å². The first kappa shape index (κ1) is 17.7. The van der Waals surface area contributed by atoms with Crippen LogP contribution in [0.5, 0.6) is 0 Å². The number of hydrogen-bond donors (Lipinski definition) is 1. The van der Waals surface area contributed by atoms with Crippen LogP contribution in [0.3, 0.4) is 0 Å². The first-order valence-corrected chi connectivity index (χ1v) is 9.16. The van der Waals surface area contributed by atoms with Crippen LogP contribution in [0.1, 0.15) is 29.3 Å². The lowest BCUT2D eigenvalue weighted by Gasteiger charge is -2.11. The Hall–Kier alpha value is -2.65. The molecule has 0 saturated carbocycles. The topological polar surface area (TPSA) is 87.0 Å². The highest BCUT2D eigenvalue weighted by molar-refractivity contribution is 7.91. The van der Waals surface area contributed by atoms with Crippen LogP contribution < -0.4 is 5.32 Å². The molecule has 124 valence electrons. The molecule has 2 aromatic rings. The van der Waals surface area contributed by atoms with Crippen molar-refractivity contribution in [3.8, 4) is 6.07 Å². The number of carbonyl (C=O) groups is 1. The first-order valence-electron chi connectivity index (χ1n) is 7.51. The van der Waals surface area contributed by atoms with Gasteiger partial charge in [-0.2, -0.15) is 5.26 Å². The second-order valence-electron chi connectivity index (χ2n) is 5.34. The van der Waals surface area contributed by atoms with Gasteiger partial charge in [0.1, 0.15) is 0 Å². The van der Waals surface area contributed by atoms with E-state index in [1.807, 2.05) is 6.07 Å². The summed E-state index contributed by atoms with van der Waals surface area (Å²) in [7, 11) is -3.31. The second kappa shape index (κ2) is 7.75. The zero-order valence-corrected chi connectivity index (χ0v) is 14.1. The van der Waals surface area contributed by atoms with Crippen molar-refractivity contribution >= 4 is 21.3 Å². The van der Waals surface area contributed by atoms with E-state index in [1.165, 1.54) is 6.92 Å². The van der Waals surface area contributed by atoms with Crippen molar-refractivity contribution in [3.63, 3.8) is 0 Å². The Labute approximate surface area is 141 Å². The average Bonchev–Trinajstić information content (AvgIpc) is 2.59. The van der Waals surface area contributed by atoms with Crippen LogP contribution in [0.15, 0.2) is 53.4 Å². The highest BCUT2D eigenvalue weighted by Crippen LogP contribution is 2.18. The van der Waals surface area contributed by atoms with Crippen LogP contribution in [0.2, 0.25) is 0 Å². The summed E-state index contributed by atoms with van der Waals surface area (Å²) < 4.78 is 24.4. The molecule has 0 saturated heterocycles. The number of nitriles is 1. The largest absolute Gasteiger partial charge is 0.384 e. The molecule has 2 aromatic carbocycles. The van der Waals surface area contributed by atoms with E-state index < -0.39 is 9.84 Å². The van der Waals surface area contributed by atoms with E-state index in [0.717, 1.165) is 0 Å². The molecular weight excluding hydrogens is 324 g/mol. The maximum Gasteiger partial charge on any atom is 0.178 e. The summed E-state index contributed by atoms with van der Waals surface area (Å²) in [6.07, 6.45) is 0.394.